The molecular weight excluding hydrogens is 268 g/mol. The summed E-state index contributed by atoms with van der Waals surface area (Å²) >= 11 is 0. The monoisotopic (exact) mass is 292 g/mol. The van der Waals surface area contributed by atoms with Crippen LogP contribution in [-0.4, -0.2) is 53.5 Å². The number of hydrogen-bond donors (Lipinski definition) is 2. The average Bonchev–Trinajstić information content (AvgIpc) is 3.31. The number of aliphatic hydroxyl groups excluding tert-OH is 1. The number of anilines is 2. The highest BCUT2D eigenvalue weighted by Crippen LogP contribution is 2.39. The number of morpholine rings is 1. The van der Waals surface area contributed by atoms with Crippen LogP contribution in [0.3, 0.4) is 0 Å². The number of aliphatic hydroxyl groups is 1. The van der Waals surface area contributed by atoms with Crippen molar-refractivity contribution in [3.05, 3.63) is 11.9 Å². The highest BCUT2D eigenvalue weighted by atomic mass is 16.5. The third-order valence-corrected chi connectivity index (χ3v) is 3.88. The Hall–Kier alpha value is -1.40. The lowest BCUT2D eigenvalue weighted by Crippen LogP contribution is -2.48. The fourth-order valence-electron chi connectivity index (χ4n) is 2.74. The SMILES string of the molecule is CCNc1cc(N2CC(C)OC(CO)C2)nc(C2CC2)n1. The number of nitrogens with one attached hydrogen (secondary N) is 1. The van der Waals surface area contributed by atoms with Crippen molar-refractivity contribution in [1.29, 1.82) is 0 Å². The molecule has 6 heteroatoms. The van der Waals surface area contributed by atoms with Crippen LogP contribution in [0.25, 0.3) is 0 Å². The van der Waals surface area contributed by atoms with Gasteiger partial charge in [0.15, 0.2) is 0 Å². The van der Waals surface area contributed by atoms with Gasteiger partial charge < -0.3 is 20.1 Å². The maximum absolute atomic E-state index is 9.37. The van der Waals surface area contributed by atoms with Gasteiger partial charge in [-0.25, -0.2) is 9.97 Å². The molecule has 0 spiro atoms. The van der Waals surface area contributed by atoms with Crippen molar-refractivity contribution in [2.24, 2.45) is 0 Å². The Bertz CT molecular complexity index is 493. The number of hydrogen-bond acceptors (Lipinski definition) is 6. The van der Waals surface area contributed by atoms with Gasteiger partial charge in [-0.2, -0.15) is 0 Å². The van der Waals surface area contributed by atoms with E-state index in [4.69, 9.17) is 9.72 Å². The molecule has 2 unspecified atom stereocenters. The molecule has 2 fully saturated rings. The molecule has 1 aromatic heterocycles. The molecule has 2 N–H and O–H groups in total. The number of rotatable bonds is 5. The molecule has 3 rings (SSSR count). The molecule has 1 saturated heterocycles. The topological polar surface area (TPSA) is 70.5 Å². The summed E-state index contributed by atoms with van der Waals surface area (Å²) < 4.78 is 5.70. The average molecular weight is 292 g/mol. The summed E-state index contributed by atoms with van der Waals surface area (Å²) in [6.45, 7) is 6.46. The highest BCUT2D eigenvalue weighted by molar-refractivity contribution is 5.50. The second kappa shape index (κ2) is 6.15. The van der Waals surface area contributed by atoms with E-state index in [-0.39, 0.29) is 18.8 Å². The fraction of sp³-hybridized carbons (Fsp3) is 0.733. The molecule has 0 bridgehead atoms. The molecule has 1 saturated carbocycles. The van der Waals surface area contributed by atoms with E-state index >= 15 is 0 Å². The van der Waals surface area contributed by atoms with E-state index in [1.165, 1.54) is 12.8 Å². The van der Waals surface area contributed by atoms with Crippen molar-refractivity contribution in [2.75, 3.05) is 36.5 Å². The summed E-state index contributed by atoms with van der Waals surface area (Å²) in [5.74, 6) is 3.30. The van der Waals surface area contributed by atoms with Crippen LogP contribution < -0.4 is 10.2 Å². The predicted molar refractivity (Wildman–Crippen MR) is 81.8 cm³/mol. The summed E-state index contributed by atoms with van der Waals surface area (Å²) in [6, 6.07) is 2.00. The van der Waals surface area contributed by atoms with Crippen molar-refractivity contribution in [2.45, 2.75) is 44.8 Å². The van der Waals surface area contributed by atoms with E-state index in [9.17, 15) is 5.11 Å². The lowest BCUT2D eigenvalue weighted by atomic mass is 10.2. The predicted octanol–water partition coefficient (Wildman–Crippen LogP) is 1.37. The van der Waals surface area contributed by atoms with Crippen LogP contribution in [0.2, 0.25) is 0 Å². The first-order chi connectivity index (χ1) is 10.2. The second-order valence-corrected chi connectivity index (χ2v) is 5.93. The number of aromatic nitrogens is 2. The van der Waals surface area contributed by atoms with Crippen molar-refractivity contribution in [3.8, 4) is 0 Å². The molecule has 0 amide bonds. The largest absolute Gasteiger partial charge is 0.394 e. The first-order valence-corrected chi connectivity index (χ1v) is 7.83. The summed E-state index contributed by atoms with van der Waals surface area (Å²) in [7, 11) is 0. The van der Waals surface area contributed by atoms with Gasteiger partial charge in [0, 0.05) is 31.6 Å². The van der Waals surface area contributed by atoms with E-state index in [1.807, 2.05) is 13.0 Å². The first kappa shape index (κ1) is 14.5. The number of nitrogens with zero attached hydrogens (tertiary/aromatic N) is 3. The van der Waals surface area contributed by atoms with Gasteiger partial charge in [-0.1, -0.05) is 0 Å². The Balaban J connectivity index is 1.85. The molecule has 1 aromatic rings. The van der Waals surface area contributed by atoms with Crippen LogP contribution in [0, 0.1) is 0 Å². The second-order valence-electron chi connectivity index (χ2n) is 5.93. The van der Waals surface area contributed by atoms with Crippen LogP contribution >= 0.6 is 0 Å². The van der Waals surface area contributed by atoms with Crippen molar-refractivity contribution in [1.82, 2.24) is 9.97 Å². The molecule has 1 aliphatic heterocycles. The van der Waals surface area contributed by atoms with Gasteiger partial charge in [0.1, 0.15) is 17.5 Å². The van der Waals surface area contributed by atoms with Crippen LogP contribution in [0.5, 0.6) is 0 Å². The fourth-order valence-corrected chi connectivity index (χ4v) is 2.74. The minimum Gasteiger partial charge on any atom is -0.394 e. The maximum atomic E-state index is 9.37. The minimum absolute atomic E-state index is 0.0431. The third-order valence-electron chi connectivity index (χ3n) is 3.88. The van der Waals surface area contributed by atoms with E-state index in [2.05, 4.69) is 22.1 Å². The van der Waals surface area contributed by atoms with Gasteiger partial charge in [-0.15, -0.1) is 0 Å². The Morgan fingerprint density at radius 3 is 2.86 bits per heavy atom. The normalized spacial score (nSPS) is 26.0. The molecule has 1 aliphatic carbocycles. The van der Waals surface area contributed by atoms with E-state index in [0.717, 1.165) is 30.5 Å². The smallest absolute Gasteiger partial charge is 0.136 e. The summed E-state index contributed by atoms with van der Waals surface area (Å²) in [5, 5.41) is 12.7. The molecule has 0 aromatic carbocycles. The van der Waals surface area contributed by atoms with Gasteiger partial charge in [0.25, 0.3) is 0 Å². The van der Waals surface area contributed by atoms with Crippen LogP contribution in [0.15, 0.2) is 6.07 Å². The zero-order valence-electron chi connectivity index (χ0n) is 12.7. The van der Waals surface area contributed by atoms with Gasteiger partial charge >= 0.3 is 0 Å². The lowest BCUT2D eigenvalue weighted by molar-refractivity contribution is -0.0423. The zero-order valence-corrected chi connectivity index (χ0v) is 12.7. The Morgan fingerprint density at radius 1 is 1.38 bits per heavy atom. The summed E-state index contributed by atoms with van der Waals surface area (Å²) in [4.78, 5) is 11.5. The van der Waals surface area contributed by atoms with Crippen LogP contribution in [-0.2, 0) is 4.74 Å². The maximum Gasteiger partial charge on any atom is 0.136 e. The standard InChI is InChI=1S/C15H24N4O2/c1-3-16-13-6-14(18-15(17-13)11-4-5-11)19-7-10(2)21-12(8-19)9-20/h6,10-12,20H,3-5,7-9H2,1-2H3,(H,16,17,18). The lowest BCUT2D eigenvalue weighted by Gasteiger charge is -2.37. The molecule has 2 atom stereocenters. The van der Waals surface area contributed by atoms with Gasteiger partial charge in [0.2, 0.25) is 0 Å². The first-order valence-electron chi connectivity index (χ1n) is 7.83. The van der Waals surface area contributed by atoms with E-state index in [1.54, 1.807) is 0 Å². The third kappa shape index (κ3) is 3.44. The van der Waals surface area contributed by atoms with Gasteiger partial charge in [-0.05, 0) is 26.7 Å². The molecular formula is C15H24N4O2. The van der Waals surface area contributed by atoms with Crippen molar-refractivity contribution in [3.63, 3.8) is 0 Å². The molecule has 6 nitrogen and oxygen atoms in total. The van der Waals surface area contributed by atoms with Crippen LogP contribution in [0.4, 0.5) is 11.6 Å². The Kier molecular flexibility index (Phi) is 4.26. The van der Waals surface area contributed by atoms with Crippen molar-refractivity contribution < 1.29 is 9.84 Å². The molecule has 0 radical (unpaired) electrons. The Morgan fingerprint density at radius 2 is 2.19 bits per heavy atom. The molecule has 116 valence electrons. The van der Waals surface area contributed by atoms with E-state index in [0.29, 0.717) is 12.5 Å². The van der Waals surface area contributed by atoms with E-state index < -0.39 is 0 Å². The zero-order chi connectivity index (χ0) is 14.8. The molecule has 21 heavy (non-hydrogen) atoms. The minimum atomic E-state index is -0.143. The van der Waals surface area contributed by atoms with Crippen molar-refractivity contribution >= 4 is 11.6 Å². The molecule has 2 aliphatic rings. The van der Waals surface area contributed by atoms with Crippen LogP contribution in [0.1, 0.15) is 38.4 Å². The molecule has 2 heterocycles. The van der Waals surface area contributed by atoms with Gasteiger partial charge in [0.05, 0.1) is 18.8 Å². The Labute approximate surface area is 125 Å². The number of ether oxygens (including phenoxy) is 1. The summed E-state index contributed by atoms with van der Waals surface area (Å²) in [6.07, 6.45) is 2.33. The quantitative estimate of drug-likeness (QED) is 0.854. The van der Waals surface area contributed by atoms with Gasteiger partial charge in [-0.3, -0.25) is 0 Å². The summed E-state index contributed by atoms with van der Waals surface area (Å²) in [5.41, 5.74) is 0. The highest BCUT2D eigenvalue weighted by Gasteiger charge is 2.30.